The van der Waals surface area contributed by atoms with Gasteiger partial charge in [-0.25, -0.2) is 18.2 Å². The van der Waals surface area contributed by atoms with Gasteiger partial charge in [0.1, 0.15) is 18.1 Å². The molecule has 2 amide bonds. The average molecular weight is 640 g/mol. The molecule has 0 aliphatic heterocycles. The molecule has 0 aliphatic rings. The maximum Gasteiger partial charge on any atom is 0.264 e. The molecular formula is C29H24BrFN4O5S. The molecule has 12 heteroatoms. The lowest BCUT2D eigenvalue weighted by molar-refractivity contribution is -0.119. The number of hydrogen-bond acceptors (Lipinski definition) is 6. The van der Waals surface area contributed by atoms with Gasteiger partial charge in [-0.05, 0) is 84.4 Å². The number of sulfonamides is 1. The molecule has 4 rings (SSSR count). The molecule has 2 N–H and O–H groups in total. The second-order valence-corrected chi connectivity index (χ2v) is 11.3. The highest BCUT2D eigenvalue weighted by Gasteiger charge is 2.27. The summed E-state index contributed by atoms with van der Waals surface area (Å²) in [4.78, 5) is 24.8. The van der Waals surface area contributed by atoms with E-state index in [1.807, 2.05) is 0 Å². The van der Waals surface area contributed by atoms with E-state index in [1.165, 1.54) is 42.6 Å². The van der Waals surface area contributed by atoms with Crippen molar-refractivity contribution in [2.24, 2.45) is 5.10 Å². The number of amides is 2. The smallest absolute Gasteiger partial charge is 0.264 e. The van der Waals surface area contributed by atoms with Crippen molar-refractivity contribution in [1.82, 2.24) is 5.43 Å². The van der Waals surface area contributed by atoms with Gasteiger partial charge < -0.3 is 10.1 Å². The fraction of sp³-hybridized carbons (Fsp3) is 0.0690. The lowest BCUT2D eigenvalue weighted by Gasteiger charge is -2.23. The predicted molar refractivity (Wildman–Crippen MR) is 158 cm³/mol. The van der Waals surface area contributed by atoms with Gasteiger partial charge in [0.25, 0.3) is 21.8 Å². The van der Waals surface area contributed by atoms with E-state index in [-0.39, 0.29) is 11.5 Å². The summed E-state index contributed by atoms with van der Waals surface area (Å²) < 4.78 is 46.8. The number of hydrogen-bond donors (Lipinski definition) is 2. The van der Waals surface area contributed by atoms with Crippen LogP contribution in [0.3, 0.4) is 0 Å². The van der Waals surface area contributed by atoms with E-state index in [2.05, 4.69) is 31.8 Å². The van der Waals surface area contributed by atoms with Crippen molar-refractivity contribution in [3.63, 3.8) is 0 Å². The molecule has 4 aromatic carbocycles. The molecule has 0 aromatic heterocycles. The van der Waals surface area contributed by atoms with Gasteiger partial charge in [0.05, 0.1) is 16.8 Å². The largest absolute Gasteiger partial charge is 0.484 e. The summed E-state index contributed by atoms with van der Waals surface area (Å²) >= 11 is 3.34. The Bertz CT molecular complexity index is 1630. The van der Waals surface area contributed by atoms with Gasteiger partial charge in [0, 0.05) is 10.2 Å². The number of hydrazone groups is 1. The topological polar surface area (TPSA) is 117 Å². The van der Waals surface area contributed by atoms with Crippen molar-refractivity contribution in [2.45, 2.75) is 4.90 Å². The SMILES string of the molecule is O=C(CN(c1cccc(Br)c1)S(=O)(=O)c1ccccc1)N/N=C\c1ccc(OCC(=O)Nc2ccc(F)cc2)cc1. The highest BCUT2D eigenvalue weighted by molar-refractivity contribution is 9.10. The van der Waals surface area contributed by atoms with E-state index < -0.39 is 34.2 Å². The molecule has 0 bridgehead atoms. The number of nitrogens with zero attached hydrogens (tertiary/aromatic N) is 2. The van der Waals surface area contributed by atoms with Crippen molar-refractivity contribution in [3.05, 3.63) is 119 Å². The van der Waals surface area contributed by atoms with Crippen molar-refractivity contribution < 1.29 is 27.1 Å². The number of carbonyl (C=O) groups is 2. The number of benzene rings is 4. The highest BCUT2D eigenvalue weighted by Crippen LogP contribution is 2.26. The zero-order valence-corrected chi connectivity index (χ0v) is 23.8. The van der Waals surface area contributed by atoms with Gasteiger partial charge in [-0.2, -0.15) is 5.10 Å². The van der Waals surface area contributed by atoms with Crippen LogP contribution in [0.5, 0.6) is 5.75 Å². The van der Waals surface area contributed by atoms with Crippen molar-refractivity contribution >= 4 is 55.4 Å². The summed E-state index contributed by atoms with van der Waals surface area (Å²) in [6, 6.07) is 26.4. The number of nitrogens with one attached hydrogen (secondary N) is 2. The molecule has 0 fully saturated rings. The molecule has 0 radical (unpaired) electrons. The van der Waals surface area contributed by atoms with Crippen LogP contribution in [0, 0.1) is 5.82 Å². The molecule has 0 aliphatic carbocycles. The van der Waals surface area contributed by atoms with Gasteiger partial charge in [0.15, 0.2) is 6.61 Å². The third-order valence-electron chi connectivity index (χ3n) is 5.50. The van der Waals surface area contributed by atoms with Crippen LogP contribution in [-0.2, 0) is 19.6 Å². The molecule has 0 spiro atoms. The fourth-order valence-corrected chi connectivity index (χ4v) is 5.36. The van der Waals surface area contributed by atoms with E-state index in [0.29, 0.717) is 27.2 Å². The Balaban J connectivity index is 1.33. The molecule has 0 unspecified atom stereocenters. The van der Waals surface area contributed by atoms with E-state index in [4.69, 9.17) is 4.74 Å². The highest BCUT2D eigenvalue weighted by atomic mass is 79.9. The summed E-state index contributed by atoms with van der Waals surface area (Å²) in [7, 11) is -4.04. The Morgan fingerprint density at radius 2 is 1.61 bits per heavy atom. The fourth-order valence-electron chi connectivity index (χ4n) is 3.54. The Kier molecular flexibility index (Phi) is 9.82. The Morgan fingerprint density at radius 1 is 0.902 bits per heavy atom. The normalized spacial score (nSPS) is 11.2. The quantitative estimate of drug-likeness (QED) is 0.178. The Hall–Kier alpha value is -4.55. The zero-order chi connectivity index (χ0) is 29.2. The first-order chi connectivity index (χ1) is 19.7. The Morgan fingerprint density at radius 3 is 2.29 bits per heavy atom. The number of anilines is 2. The lowest BCUT2D eigenvalue weighted by Crippen LogP contribution is -2.39. The minimum Gasteiger partial charge on any atom is -0.484 e. The minimum absolute atomic E-state index is 0.0477. The standard InChI is InChI=1S/C29H24BrFN4O5S/c30-22-5-4-6-25(17-22)35(41(38,39)27-7-2-1-3-8-27)19-28(36)34-32-18-21-9-15-26(16-10-21)40-20-29(37)33-24-13-11-23(31)12-14-24/h1-18H,19-20H2,(H,33,37)(H,34,36)/b32-18-. The summed E-state index contributed by atoms with van der Waals surface area (Å²) in [5.41, 5.74) is 3.74. The summed E-state index contributed by atoms with van der Waals surface area (Å²) in [6.45, 7) is -0.751. The number of carbonyl (C=O) groups excluding carboxylic acids is 2. The number of halogens is 2. The average Bonchev–Trinajstić information content (AvgIpc) is 2.97. The monoisotopic (exact) mass is 638 g/mol. The predicted octanol–water partition coefficient (Wildman–Crippen LogP) is 4.95. The second kappa shape index (κ2) is 13.7. The van der Waals surface area contributed by atoms with Crippen molar-refractivity contribution in [3.8, 4) is 5.75 Å². The molecule has 0 saturated heterocycles. The van der Waals surface area contributed by atoms with Crippen LogP contribution < -0.4 is 19.8 Å². The van der Waals surface area contributed by atoms with Gasteiger partial charge in [0.2, 0.25) is 0 Å². The number of rotatable bonds is 11. The van der Waals surface area contributed by atoms with Crippen LogP contribution in [0.4, 0.5) is 15.8 Å². The third kappa shape index (κ3) is 8.47. The zero-order valence-electron chi connectivity index (χ0n) is 21.4. The van der Waals surface area contributed by atoms with Crippen LogP contribution in [0.25, 0.3) is 0 Å². The van der Waals surface area contributed by atoms with Gasteiger partial charge in [-0.15, -0.1) is 0 Å². The van der Waals surface area contributed by atoms with E-state index >= 15 is 0 Å². The van der Waals surface area contributed by atoms with Gasteiger partial charge in [-0.3, -0.25) is 13.9 Å². The first kappa shape index (κ1) is 29.4. The summed E-state index contributed by atoms with van der Waals surface area (Å²) in [5.74, 6) is -1.03. The van der Waals surface area contributed by atoms with Crippen LogP contribution in [-0.4, -0.2) is 39.6 Å². The maximum absolute atomic E-state index is 13.3. The molecule has 0 atom stereocenters. The van der Waals surface area contributed by atoms with Crippen LogP contribution >= 0.6 is 15.9 Å². The first-order valence-corrected chi connectivity index (χ1v) is 14.4. The third-order valence-corrected chi connectivity index (χ3v) is 7.78. The lowest BCUT2D eigenvalue weighted by atomic mass is 10.2. The maximum atomic E-state index is 13.3. The minimum atomic E-state index is -4.04. The molecule has 210 valence electrons. The molecular weight excluding hydrogens is 615 g/mol. The van der Waals surface area contributed by atoms with E-state index in [9.17, 15) is 22.4 Å². The van der Waals surface area contributed by atoms with E-state index in [0.717, 1.165) is 4.31 Å². The number of ether oxygens (including phenoxy) is 1. The van der Waals surface area contributed by atoms with Gasteiger partial charge in [-0.1, -0.05) is 40.2 Å². The molecule has 4 aromatic rings. The van der Waals surface area contributed by atoms with Gasteiger partial charge >= 0.3 is 0 Å². The molecule has 0 saturated carbocycles. The van der Waals surface area contributed by atoms with Crippen LogP contribution in [0.15, 0.2) is 118 Å². The second-order valence-electron chi connectivity index (χ2n) is 8.51. The Labute approximate surface area is 244 Å². The van der Waals surface area contributed by atoms with Crippen molar-refractivity contribution in [1.29, 1.82) is 0 Å². The van der Waals surface area contributed by atoms with E-state index in [1.54, 1.807) is 66.7 Å². The molecule has 41 heavy (non-hydrogen) atoms. The summed E-state index contributed by atoms with van der Waals surface area (Å²) in [5, 5.41) is 6.53. The van der Waals surface area contributed by atoms with Crippen LogP contribution in [0.2, 0.25) is 0 Å². The first-order valence-electron chi connectivity index (χ1n) is 12.1. The molecule has 9 nitrogen and oxygen atoms in total. The molecule has 0 heterocycles. The van der Waals surface area contributed by atoms with Crippen LogP contribution in [0.1, 0.15) is 5.56 Å². The summed E-state index contributed by atoms with van der Waals surface area (Å²) in [6.07, 6.45) is 1.39. The van der Waals surface area contributed by atoms with Crippen molar-refractivity contribution in [2.75, 3.05) is 22.8 Å².